The second-order valence-corrected chi connectivity index (χ2v) is 6.11. The summed E-state index contributed by atoms with van der Waals surface area (Å²) in [6.07, 6.45) is 3.38. The van der Waals surface area contributed by atoms with Gasteiger partial charge in [-0.3, -0.25) is 4.79 Å². The molecule has 0 amide bonds. The number of carbonyl (C=O) groups excluding carboxylic acids is 2. The van der Waals surface area contributed by atoms with Crippen LogP contribution < -0.4 is 0 Å². The molecule has 0 aliphatic rings. The third-order valence-corrected chi connectivity index (χ3v) is 4.40. The highest BCUT2D eigenvalue weighted by molar-refractivity contribution is 6.11. The third kappa shape index (κ3) is 3.31. The fourth-order valence-corrected chi connectivity index (χ4v) is 3.17. The minimum atomic E-state index is -0.440. The summed E-state index contributed by atoms with van der Waals surface area (Å²) >= 11 is 0. The summed E-state index contributed by atoms with van der Waals surface area (Å²) in [5.41, 5.74) is 3.12. The van der Waals surface area contributed by atoms with Crippen LogP contribution in [0.25, 0.3) is 16.8 Å². The molecule has 2 aromatic carbocycles. The number of esters is 1. The number of aromatic nitrogens is 1. The first-order valence-corrected chi connectivity index (χ1v) is 8.59. The Morgan fingerprint density at radius 1 is 1.08 bits per heavy atom. The Bertz CT molecular complexity index is 1010. The quantitative estimate of drug-likeness (QED) is 0.407. The predicted octanol–water partition coefficient (Wildman–Crippen LogP) is 4.86. The zero-order valence-electron chi connectivity index (χ0n) is 15.1. The van der Waals surface area contributed by atoms with Crippen LogP contribution in [0.5, 0.6) is 0 Å². The van der Waals surface area contributed by atoms with Gasteiger partial charge >= 0.3 is 5.97 Å². The van der Waals surface area contributed by atoms with Gasteiger partial charge in [0.15, 0.2) is 5.78 Å². The highest BCUT2D eigenvalue weighted by atomic mass is 16.5. The fourth-order valence-electron chi connectivity index (χ4n) is 3.17. The van der Waals surface area contributed by atoms with Crippen LogP contribution in [0.15, 0.2) is 48.5 Å². The molecule has 4 heteroatoms. The number of allylic oxidation sites excluding steroid dienone is 1. The summed E-state index contributed by atoms with van der Waals surface area (Å²) in [7, 11) is 0. The normalized spacial score (nSPS) is 11.2. The average molecular weight is 347 g/mol. The van der Waals surface area contributed by atoms with Gasteiger partial charge in [0.2, 0.25) is 0 Å². The number of aromatic amines is 1. The van der Waals surface area contributed by atoms with Gasteiger partial charge in [0.05, 0.1) is 6.61 Å². The van der Waals surface area contributed by atoms with Gasteiger partial charge in [-0.05, 0) is 48.7 Å². The van der Waals surface area contributed by atoms with E-state index in [1.54, 1.807) is 26.8 Å². The minimum absolute atomic E-state index is 0.139. The Labute approximate surface area is 152 Å². The van der Waals surface area contributed by atoms with Crippen molar-refractivity contribution in [2.24, 2.45) is 0 Å². The van der Waals surface area contributed by atoms with Crippen LogP contribution in [0.2, 0.25) is 0 Å². The standard InChI is InChI=1S/C22H21NO3/c1-4-26-22(25)21-14(2)20(15(3)23-21)19(24)13-12-17-10-7-9-16-8-5-6-11-18(16)17/h5-13,23H,4H2,1-3H3/b13-12+. The third-order valence-electron chi connectivity index (χ3n) is 4.40. The lowest BCUT2D eigenvalue weighted by Gasteiger charge is -2.02. The van der Waals surface area contributed by atoms with Gasteiger partial charge in [-0.15, -0.1) is 0 Å². The number of nitrogens with one attached hydrogen (secondary N) is 1. The summed E-state index contributed by atoms with van der Waals surface area (Å²) in [5.74, 6) is -0.579. The Balaban J connectivity index is 1.93. The topological polar surface area (TPSA) is 59.2 Å². The molecule has 0 bridgehead atoms. The van der Waals surface area contributed by atoms with Crippen molar-refractivity contribution in [2.75, 3.05) is 6.61 Å². The van der Waals surface area contributed by atoms with Crippen LogP contribution in [0, 0.1) is 13.8 Å². The SMILES string of the molecule is CCOC(=O)c1[nH]c(C)c(C(=O)/C=C/c2cccc3ccccc23)c1C. The van der Waals surface area contributed by atoms with E-state index in [9.17, 15) is 9.59 Å². The Kier molecular flexibility index (Phi) is 5.03. The molecule has 0 saturated heterocycles. The van der Waals surface area contributed by atoms with Gasteiger partial charge in [0.25, 0.3) is 0 Å². The Hall–Kier alpha value is -3.14. The predicted molar refractivity (Wildman–Crippen MR) is 104 cm³/mol. The van der Waals surface area contributed by atoms with Crippen LogP contribution in [0.1, 0.15) is 44.6 Å². The zero-order chi connectivity index (χ0) is 18.7. The van der Waals surface area contributed by atoms with Crippen LogP contribution in [-0.2, 0) is 4.74 Å². The van der Waals surface area contributed by atoms with E-state index in [-0.39, 0.29) is 5.78 Å². The van der Waals surface area contributed by atoms with Crippen LogP contribution in [0.4, 0.5) is 0 Å². The monoisotopic (exact) mass is 347 g/mol. The number of aryl methyl sites for hydroxylation is 1. The second-order valence-electron chi connectivity index (χ2n) is 6.11. The summed E-state index contributed by atoms with van der Waals surface area (Å²) in [6.45, 7) is 5.59. The van der Waals surface area contributed by atoms with E-state index in [1.165, 1.54) is 0 Å². The van der Waals surface area contributed by atoms with Crippen molar-refractivity contribution < 1.29 is 14.3 Å². The Morgan fingerprint density at radius 2 is 1.81 bits per heavy atom. The molecule has 0 aliphatic heterocycles. The molecule has 3 aromatic rings. The highest BCUT2D eigenvalue weighted by Crippen LogP contribution is 2.22. The largest absolute Gasteiger partial charge is 0.461 e. The van der Waals surface area contributed by atoms with E-state index in [0.29, 0.717) is 29.1 Å². The number of benzene rings is 2. The van der Waals surface area contributed by atoms with Gasteiger partial charge in [-0.1, -0.05) is 48.5 Å². The molecule has 1 heterocycles. The molecular formula is C22H21NO3. The summed E-state index contributed by atoms with van der Waals surface area (Å²) in [4.78, 5) is 27.7. The van der Waals surface area contributed by atoms with Crippen LogP contribution in [0.3, 0.4) is 0 Å². The first-order chi connectivity index (χ1) is 12.5. The number of fused-ring (bicyclic) bond motifs is 1. The molecule has 1 N–H and O–H groups in total. The summed E-state index contributed by atoms with van der Waals surface area (Å²) in [6, 6.07) is 14.0. The van der Waals surface area contributed by atoms with E-state index < -0.39 is 5.97 Å². The molecule has 0 unspecified atom stereocenters. The molecule has 132 valence electrons. The highest BCUT2D eigenvalue weighted by Gasteiger charge is 2.21. The fraction of sp³-hybridized carbons (Fsp3) is 0.182. The maximum Gasteiger partial charge on any atom is 0.355 e. The number of ether oxygens (including phenoxy) is 1. The molecule has 0 radical (unpaired) electrons. The van der Waals surface area contributed by atoms with Crippen LogP contribution >= 0.6 is 0 Å². The summed E-state index contributed by atoms with van der Waals surface area (Å²) < 4.78 is 5.03. The molecule has 0 fully saturated rings. The molecule has 3 rings (SSSR count). The van der Waals surface area contributed by atoms with E-state index in [2.05, 4.69) is 4.98 Å². The first kappa shape index (κ1) is 17.7. The molecule has 4 nitrogen and oxygen atoms in total. The molecule has 0 spiro atoms. The van der Waals surface area contributed by atoms with Crippen molar-refractivity contribution in [2.45, 2.75) is 20.8 Å². The van der Waals surface area contributed by atoms with Crippen molar-refractivity contribution in [1.29, 1.82) is 0 Å². The summed E-state index contributed by atoms with van der Waals surface area (Å²) in [5, 5.41) is 2.22. The first-order valence-electron chi connectivity index (χ1n) is 8.59. The molecule has 1 aromatic heterocycles. The van der Waals surface area contributed by atoms with E-state index in [0.717, 1.165) is 16.3 Å². The van der Waals surface area contributed by atoms with E-state index in [4.69, 9.17) is 4.74 Å². The lowest BCUT2D eigenvalue weighted by atomic mass is 10.0. The van der Waals surface area contributed by atoms with Crippen molar-refractivity contribution in [3.8, 4) is 0 Å². The number of hydrogen-bond donors (Lipinski definition) is 1. The number of carbonyl (C=O) groups is 2. The molecule has 0 aliphatic carbocycles. The van der Waals surface area contributed by atoms with Crippen molar-refractivity contribution in [3.05, 3.63) is 76.6 Å². The van der Waals surface area contributed by atoms with Crippen molar-refractivity contribution in [3.63, 3.8) is 0 Å². The molecule has 0 saturated carbocycles. The van der Waals surface area contributed by atoms with Gasteiger partial charge in [-0.2, -0.15) is 0 Å². The van der Waals surface area contributed by atoms with Gasteiger partial charge in [-0.25, -0.2) is 4.79 Å². The van der Waals surface area contributed by atoms with Gasteiger partial charge < -0.3 is 9.72 Å². The maximum atomic E-state index is 12.7. The molecular weight excluding hydrogens is 326 g/mol. The average Bonchev–Trinajstić information content (AvgIpc) is 2.94. The lowest BCUT2D eigenvalue weighted by molar-refractivity contribution is 0.0519. The van der Waals surface area contributed by atoms with E-state index >= 15 is 0 Å². The maximum absolute atomic E-state index is 12.7. The number of rotatable bonds is 5. The zero-order valence-corrected chi connectivity index (χ0v) is 15.1. The number of H-pyrrole nitrogens is 1. The molecule has 26 heavy (non-hydrogen) atoms. The van der Waals surface area contributed by atoms with E-state index in [1.807, 2.05) is 48.5 Å². The van der Waals surface area contributed by atoms with Crippen molar-refractivity contribution >= 4 is 28.6 Å². The van der Waals surface area contributed by atoms with Gasteiger partial charge in [0, 0.05) is 11.3 Å². The van der Waals surface area contributed by atoms with Gasteiger partial charge in [0.1, 0.15) is 5.69 Å². The smallest absolute Gasteiger partial charge is 0.355 e. The molecule has 0 atom stereocenters. The van der Waals surface area contributed by atoms with Crippen molar-refractivity contribution in [1.82, 2.24) is 4.98 Å². The Morgan fingerprint density at radius 3 is 2.58 bits per heavy atom. The number of ketones is 1. The minimum Gasteiger partial charge on any atom is -0.461 e. The van der Waals surface area contributed by atoms with Crippen LogP contribution in [-0.4, -0.2) is 23.3 Å². The number of hydrogen-bond acceptors (Lipinski definition) is 3. The lowest BCUT2D eigenvalue weighted by Crippen LogP contribution is -2.07. The second kappa shape index (κ2) is 7.40.